The summed E-state index contributed by atoms with van der Waals surface area (Å²) in [5.41, 5.74) is -0.630. The molecule has 1 N–H and O–H groups in total. The molecule has 2 rings (SSSR count). The quantitative estimate of drug-likeness (QED) is 0.843. The van der Waals surface area contributed by atoms with Crippen LogP contribution in [0.4, 0.5) is 0 Å². The highest BCUT2D eigenvalue weighted by Gasteiger charge is 2.33. The molecular formula is C9H12BrNOS. The van der Waals surface area contributed by atoms with E-state index in [4.69, 9.17) is 0 Å². The second-order valence-corrected chi connectivity index (χ2v) is 5.24. The van der Waals surface area contributed by atoms with Crippen LogP contribution in [0.25, 0.3) is 0 Å². The third-order valence-corrected chi connectivity index (χ3v) is 4.30. The van der Waals surface area contributed by atoms with Crippen LogP contribution in [-0.2, 0) is 5.60 Å². The molecule has 0 unspecified atom stereocenters. The summed E-state index contributed by atoms with van der Waals surface area (Å²) in [6, 6.07) is 0. The Morgan fingerprint density at radius 2 is 2.08 bits per heavy atom. The highest BCUT2D eigenvalue weighted by Crippen LogP contribution is 2.38. The maximum atomic E-state index is 10.3. The lowest BCUT2D eigenvalue weighted by Crippen LogP contribution is -2.28. The lowest BCUT2D eigenvalue weighted by Gasteiger charge is -2.29. The van der Waals surface area contributed by atoms with E-state index in [0.717, 1.165) is 35.3 Å². The second-order valence-electron chi connectivity index (χ2n) is 3.57. The van der Waals surface area contributed by atoms with Crippen LogP contribution in [0.1, 0.15) is 37.1 Å². The van der Waals surface area contributed by atoms with E-state index in [1.165, 1.54) is 6.42 Å². The van der Waals surface area contributed by atoms with Gasteiger partial charge in [-0.05, 0) is 28.8 Å². The van der Waals surface area contributed by atoms with E-state index in [2.05, 4.69) is 20.9 Å². The van der Waals surface area contributed by atoms with Gasteiger partial charge in [0, 0.05) is 5.38 Å². The number of aromatic nitrogens is 1. The Balaban J connectivity index is 2.22. The number of hydrogen-bond donors (Lipinski definition) is 1. The van der Waals surface area contributed by atoms with Crippen molar-refractivity contribution in [2.24, 2.45) is 0 Å². The summed E-state index contributed by atoms with van der Waals surface area (Å²) >= 11 is 4.86. The van der Waals surface area contributed by atoms with Crippen molar-refractivity contribution in [3.8, 4) is 0 Å². The summed E-state index contributed by atoms with van der Waals surface area (Å²) < 4.78 is 0.839. The SMILES string of the molecule is OC1(c2nc(Br)cs2)CCCCC1. The molecule has 1 aliphatic carbocycles. The highest BCUT2D eigenvalue weighted by atomic mass is 79.9. The average Bonchev–Trinajstić information content (AvgIpc) is 2.54. The third-order valence-electron chi connectivity index (χ3n) is 2.55. The molecule has 0 saturated heterocycles. The second kappa shape index (κ2) is 3.67. The monoisotopic (exact) mass is 261 g/mol. The average molecular weight is 262 g/mol. The number of halogens is 1. The Morgan fingerprint density at radius 3 is 2.62 bits per heavy atom. The summed E-state index contributed by atoms with van der Waals surface area (Å²) in [7, 11) is 0. The van der Waals surface area contributed by atoms with Crippen LogP contribution in [0.15, 0.2) is 9.98 Å². The van der Waals surface area contributed by atoms with Crippen LogP contribution in [0.2, 0.25) is 0 Å². The summed E-state index contributed by atoms with van der Waals surface area (Å²) in [6.07, 6.45) is 5.22. The minimum atomic E-state index is -0.630. The van der Waals surface area contributed by atoms with Gasteiger partial charge >= 0.3 is 0 Å². The molecule has 0 aliphatic heterocycles. The van der Waals surface area contributed by atoms with Gasteiger partial charge in [-0.3, -0.25) is 0 Å². The van der Waals surface area contributed by atoms with E-state index in [9.17, 15) is 5.11 Å². The Morgan fingerprint density at radius 1 is 1.38 bits per heavy atom. The summed E-state index contributed by atoms with van der Waals surface area (Å²) in [5.74, 6) is 0. The fourth-order valence-corrected chi connectivity index (χ4v) is 3.23. The van der Waals surface area contributed by atoms with Gasteiger partial charge in [0.1, 0.15) is 15.2 Å². The first-order chi connectivity index (χ1) is 6.21. The predicted molar refractivity (Wildman–Crippen MR) is 56.8 cm³/mol. The van der Waals surface area contributed by atoms with Crippen LogP contribution in [0, 0.1) is 0 Å². The molecule has 1 aliphatic rings. The van der Waals surface area contributed by atoms with Crippen molar-refractivity contribution < 1.29 is 5.11 Å². The minimum absolute atomic E-state index is 0.630. The van der Waals surface area contributed by atoms with Gasteiger partial charge in [0.15, 0.2) is 0 Å². The molecular weight excluding hydrogens is 250 g/mol. The summed E-state index contributed by atoms with van der Waals surface area (Å²) in [5, 5.41) is 13.1. The lowest BCUT2D eigenvalue weighted by atomic mass is 9.85. The first-order valence-electron chi connectivity index (χ1n) is 4.55. The number of nitrogens with zero attached hydrogens (tertiary/aromatic N) is 1. The minimum Gasteiger partial charge on any atom is -0.383 e. The van der Waals surface area contributed by atoms with Crippen molar-refractivity contribution in [2.75, 3.05) is 0 Å². The summed E-state index contributed by atoms with van der Waals surface area (Å²) in [6.45, 7) is 0. The molecule has 0 aromatic carbocycles. The normalized spacial score (nSPS) is 21.7. The molecule has 1 fully saturated rings. The Kier molecular flexibility index (Phi) is 2.72. The van der Waals surface area contributed by atoms with Crippen LogP contribution in [-0.4, -0.2) is 10.1 Å². The first kappa shape index (κ1) is 9.62. The zero-order valence-corrected chi connectivity index (χ0v) is 9.70. The van der Waals surface area contributed by atoms with Gasteiger partial charge in [0.2, 0.25) is 0 Å². The van der Waals surface area contributed by atoms with Crippen LogP contribution >= 0.6 is 27.3 Å². The van der Waals surface area contributed by atoms with E-state index >= 15 is 0 Å². The molecule has 72 valence electrons. The topological polar surface area (TPSA) is 33.1 Å². The molecule has 1 heterocycles. The molecule has 1 aromatic heterocycles. The number of aliphatic hydroxyl groups is 1. The molecule has 0 radical (unpaired) electrons. The largest absolute Gasteiger partial charge is 0.383 e. The van der Waals surface area contributed by atoms with Gasteiger partial charge in [-0.15, -0.1) is 11.3 Å². The number of thiazole rings is 1. The van der Waals surface area contributed by atoms with Gasteiger partial charge in [0.25, 0.3) is 0 Å². The van der Waals surface area contributed by atoms with Gasteiger partial charge in [0.05, 0.1) is 0 Å². The van der Waals surface area contributed by atoms with Crippen molar-refractivity contribution in [2.45, 2.75) is 37.7 Å². The first-order valence-corrected chi connectivity index (χ1v) is 6.22. The fraction of sp³-hybridized carbons (Fsp3) is 0.667. The van der Waals surface area contributed by atoms with Crippen LogP contribution in [0.5, 0.6) is 0 Å². The predicted octanol–water partition coefficient (Wildman–Crippen LogP) is 3.06. The van der Waals surface area contributed by atoms with Gasteiger partial charge in [-0.1, -0.05) is 19.3 Å². The van der Waals surface area contributed by atoms with Gasteiger partial charge in [-0.2, -0.15) is 0 Å². The van der Waals surface area contributed by atoms with Crippen molar-refractivity contribution in [3.63, 3.8) is 0 Å². The van der Waals surface area contributed by atoms with Gasteiger partial charge < -0.3 is 5.11 Å². The van der Waals surface area contributed by atoms with E-state index in [1.54, 1.807) is 11.3 Å². The maximum Gasteiger partial charge on any atom is 0.126 e. The van der Waals surface area contributed by atoms with E-state index < -0.39 is 5.60 Å². The molecule has 0 spiro atoms. The van der Waals surface area contributed by atoms with E-state index in [1.807, 2.05) is 5.38 Å². The van der Waals surface area contributed by atoms with Crippen molar-refractivity contribution in [1.29, 1.82) is 0 Å². The molecule has 13 heavy (non-hydrogen) atoms. The summed E-state index contributed by atoms with van der Waals surface area (Å²) in [4.78, 5) is 4.29. The zero-order chi connectivity index (χ0) is 9.31. The van der Waals surface area contributed by atoms with Crippen molar-refractivity contribution >= 4 is 27.3 Å². The Labute approximate surface area is 90.1 Å². The number of rotatable bonds is 1. The molecule has 1 saturated carbocycles. The Bertz CT molecular complexity index is 294. The van der Waals surface area contributed by atoms with Gasteiger partial charge in [-0.25, -0.2) is 4.98 Å². The van der Waals surface area contributed by atoms with Crippen molar-refractivity contribution in [3.05, 3.63) is 15.0 Å². The molecule has 0 atom stereocenters. The van der Waals surface area contributed by atoms with Crippen LogP contribution < -0.4 is 0 Å². The molecule has 0 amide bonds. The van der Waals surface area contributed by atoms with Crippen molar-refractivity contribution in [1.82, 2.24) is 4.98 Å². The standard InChI is InChI=1S/C9H12BrNOS/c10-7-6-13-8(11-7)9(12)4-2-1-3-5-9/h6,12H,1-5H2. The third kappa shape index (κ3) is 1.95. The smallest absolute Gasteiger partial charge is 0.126 e. The van der Waals surface area contributed by atoms with E-state index in [-0.39, 0.29) is 0 Å². The lowest BCUT2D eigenvalue weighted by molar-refractivity contribution is -0.000900. The van der Waals surface area contributed by atoms with Crippen LogP contribution in [0.3, 0.4) is 0 Å². The highest BCUT2D eigenvalue weighted by molar-refractivity contribution is 9.10. The maximum absolute atomic E-state index is 10.3. The molecule has 2 nitrogen and oxygen atoms in total. The number of hydrogen-bond acceptors (Lipinski definition) is 3. The van der Waals surface area contributed by atoms with E-state index in [0.29, 0.717) is 0 Å². The molecule has 4 heteroatoms. The molecule has 0 bridgehead atoms. The molecule has 1 aromatic rings. The Hall–Kier alpha value is 0.0700. The zero-order valence-electron chi connectivity index (χ0n) is 7.29. The fourth-order valence-electron chi connectivity index (χ4n) is 1.82.